The summed E-state index contributed by atoms with van der Waals surface area (Å²) in [5, 5.41) is 0. The van der Waals surface area contributed by atoms with Crippen LogP contribution in [0.5, 0.6) is 0 Å². The Labute approximate surface area is 152 Å². The topological polar surface area (TPSA) is 114 Å². The molecule has 0 aliphatic carbocycles. The molecular formula is C16H17N3O5S2. The van der Waals surface area contributed by atoms with E-state index >= 15 is 0 Å². The van der Waals surface area contributed by atoms with Gasteiger partial charge in [-0.1, -0.05) is 6.07 Å². The smallest absolute Gasteiger partial charge is 0.265 e. The molecule has 1 N–H and O–H groups in total. The highest BCUT2D eigenvalue weighted by Crippen LogP contribution is 2.23. The van der Waals surface area contributed by atoms with Crippen LogP contribution in [-0.2, 0) is 20.0 Å². The highest BCUT2D eigenvalue weighted by Gasteiger charge is 2.28. The number of nitrogens with one attached hydrogen (secondary N) is 1. The van der Waals surface area contributed by atoms with Gasteiger partial charge in [0.25, 0.3) is 15.9 Å². The van der Waals surface area contributed by atoms with E-state index in [1.807, 2.05) is 4.72 Å². The van der Waals surface area contributed by atoms with E-state index in [2.05, 4.69) is 4.98 Å². The normalized spacial score (nSPS) is 15.7. The molecule has 138 valence electrons. The first kappa shape index (κ1) is 18.5. The lowest BCUT2D eigenvalue weighted by Crippen LogP contribution is -2.31. The highest BCUT2D eigenvalue weighted by atomic mass is 32.2. The van der Waals surface area contributed by atoms with Crippen LogP contribution >= 0.6 is 0 Å². The monoisotopic (exact) mass is 395 g/mol. The van der Waals surface area contributed by atoms with E-state index in [0.717, 1.165) is 18.9 Å². The lowest BCUT2D eigenvalue weighted by atomic mass is 10.3. The number of aromatic nitrogens is 1. The van der Waals surface area contributed by atoms with Crippen LogP contribution in [0.15, 0.2) is 58.6 Å². The number of hydrogen-bond acceptors (Lipinski definition) is 6. The average molecular weight is 395 g/mol. The summed E-state index contributed by atoms with van der Waals surface area (Å²) in [6.45, 7) is 0.830. The van der Waals surface area contributed by atoms with Crippen molar-refractivity contribution in [3.05, 3.63) is 54.4 Å². The molecule has 2 heterocycles. The summed E-state index contributed by atoms with van der Waals surface area (Å²) in [7, 11) is -7.97. The zero-order chi connectivity index (χ0) is 18.8. The number of hydrogen-bond donors (Lipinski definition) is 1. The van der Waals surface area contributed by atoms with E-state index in [4.69, 9.17) is 0 Å². The van der Waals surface area contributed by atoms with E-state index in [9.17, 15) is 21.6 Å². The van der Waals surface area contributed by atoms with Gasteiger partial charge in [-0.3, -0.25) is 9.78 Å². The first-order valence-electron chi connectivity index (χ1n) is 7.88. The molecule has 0 saturated carbocycles. The Balaban J connectivity index is 1.88. The van der Waals surface area contributed by atoms with Gasteiger partial charge in [0.05, 0.1) is 9.79 Å². The van der Waals surface area contributed by atoms with Crippen molar-refractivity contribution in [1.82, 2.24) is 14.0 Å². The number of benzene rings is 1. The molecule has 1 aliphatic rings. The van der Waals surface area contributed by atoms with Crippen molar-refractivity contribution in [2.45, 2.75) is 22.6 Å². The number of nitrogens with zero attached hydrogens (tertiary/aromatic N) is 2. The second kappa shape index (κ2) is 7.14. The Morgan fingerprint density at radius 3 is 2.23 bits per heavy atom. The molecule has 1 aliphatic heterocycles. The maximum absolute atomic E-state index is 12.6. The number of amides is 1. The fourth-order valence-electron chi connectivity index (χ4n) is 2.62. The molecule has 0 bridgehead atoms. The van der Waals surface area contributed by atoms with E-state index in [-0.39, 0.29) is 15.4 Å². The van der Waals surface area contributed by atoms with Gasteiger partial charge in [0.15, 0.2) is 0 Å². The predicted molar refractivity (Wildman–Crippen MR) is 93.3 cm³/mol. The zero-order valence-corrected chi connectivity index (χ0v) is 15.3. The maximum Gasteiger partial charge on any atom is 0.265 e. The summed E-state index contributed by atoms with van der Waals surface area (Å²) < 4.78 is 53.4. The van der Waals surface area contributed by atoms with Crippen LogP contribution in [0.1, 0.15) is 23.2 Å². The molecule has 0 spiro atoms. The number of carbonyl (C=O) groups excluding carboxylic acids is 1. The Kier molecular flexibility index (Phi) is 5.08. The van der Waals surface area contributed by atoms with Gasteiger partial charge in [-0.2, -0.15) is 4.31 Å². The van der Waals surface area contributed by atoms with Crippen LogP contribution in [0.3, 0.4) is 0 Å². The molecule has 1 aromatic carbocycles. The molecule has 1 amide bonds. The molecule has 2 aromatic rings. The van der Waals surface area contributed by atoms with Crippen LogP contribution in [0, 0.1) is 0 Å². The lowest BCUT2D eigenvalue weighted by molar-refractivity contribution is 0.0981. The third kappa shape index (κ3) is 3.76. The van der Waals surface area contributed by atoms with E-state index < -0.39 is 26.0 Å². The zero-order valence-electron chi connectivity index (χ0n) is 13.7. The van der Waals surface area contributed by atoms with Crippen LogP contribution in [0.25, 0.3) is 0 Å². The fourth-order valence-corrected chi connectivity index (χ4v) is 5.28. The van der Waals surface area contributed by atoms with Gasteiger partial charge in [-0.05, 0) is 43.2 Å². The van der Waals surface area contributed by atoms with Crippen molar-refractivity contribution in [2.75, 3.05) is 13.1 Å². The highest BCUT2D eigenvalue weighted by molar-refractivity contribution is 7.90. The molecule has 0 atom stereocenters. The quantitative estimate of drug-likeness (QED) is 0.807. The standard InChI is InChI=1S/C16H17N3O5S2/c20-16(13-6-8-17-9-7-13)18-25(21,22)14-4-3-5-15(12-14)26(23,24)19-10-1-2-11-19/h3-9,12H,1-2,10-11H2,(H,18,20). The Morgan fingerprint density at radius 2 is 1.58 bits per heavy atom. The van der Waals surface area contributed by atoms with Gasteiger partial charge < -0.3 is 0 Å². The summed E-state index contributed by atoms with van der Waals surface area (Å²) in [5.41, 5.74) is 0.129. The first-order chi connectivity index (χ1) is 12.3. The molecule has 1 saturated heterocycles. The third-order valence-electron chi connectivity index (χ3n) is 3.99. The van der Waals surface area contributed by atoms with E-state index in [0.29, 0.717) is 13.1 Å². The summed E-state index contributed by atoms with van der Waals surface area (Å²) in [6, 6.07) is 7.74. The largest absolute Gasteiger partial charge is 0.268 e. The summed E-state index contributed by atoms with van der Waals surface area (Å²) in [6.07, 6.45) is 4.29. The Morgan fingerprint density at radius 1 is 0.962 bits per heavy atom. The van der Waals surface area contributed by atoms with Crippen LogP contribution in [0.2, 0.25) is 0 Å². The Hall–Kier alpha value is -2.30. The van der Waals surface area contributed by atoms with Crippen molar-refractivity contribution < 1.29 is 21.6 Å². The van der Waals surface area contributed by atoms with Crippen LogP contribution < -0.4 is 4.72 Å². The third-order valence-corrected chi connectivity index (χ3v) is 7.21. The van der Waals surface area contributed by atoms with Crippen LogP contribution in [0.4, 0.5) is 0 Å². The van der Waals surface area contributed by atoms with Crippen LogP contribution in [-0.4, -0.2) is 45.1 Å². The predicted octanol–water partition coefficient (Wildman–Crippen LogP) is 0.985. The minimum absolute atomic E-state index is 0.112. The number of pyridine rings is 1. The molecule has 26 heavy (non-hydrogen) atoms. The van der Waals surface area contributed by atoms with Gasteiger partial charge in [0, 0.05) is 31.0 Å². The van der Waals surface area contributed by atoms with Gasteiger partial charge in [-0.25, -0.2) is 21.6 Å². The molecule has 3 rings (SSSR count). The fraction of sp³-hybridized carbons (Fsp3) is 0.250. The number of rotatable bonds is 5. The molecular weight excluding hydrogens is 378 g/mol. The molecule has 10 heteroatoms. The van der Waals surface area contributed by atoms with E-state index in [1.165, 1.54) is 47.0 Å². The molecule has 1 fully saturated rings. The first-order valence-corrected chi connectivity index (χ1v) is 10.8. The molecule has 0 radical (unpaired) electrons. The van der Waals surface area contributed by atoms with Crippen molar-refractivity contribution in [3.8, 4) is 0 Å². The second-order valence-corrected chi connectivity index (χ2v) is 9.38. The summed E-state index contributed by atoms with van der Waals surface area (Å²) >= 11 is 0. The minimum atomic E-state index is -4.22. The van der Waals surface area contributed by atoms with E-state index in [1.54, 1.807) is 0 Å². The average Bonchev–Trinajstić information content (AvgIpc) is 3.18. The van der Waals surface area contributed by atoms with Crippen molar-refractivity contribution in [1.29, 1.82) is 0 Å². The minimum Gasteiger partial charge on any atom is -0.268 e. The number of carbonyl (C=O) groups is 1. The SMILES string of the molecule is O=C(NS(=O)(=O)c1cccc(S(=O)(=O)N2CCCC2)c1)c1ccncc1. The Bertz CT molecular complexity index is 1010. The van der Waals surface area contributed by atoms with Gasteiger partial charge >= 0.3 is 0 Å². The molecule has 8 nitrogen and oxygen atoms in total. The maximum atomic E-state index is 12.6. The van der Waals surface area contributed by atoms with Crippen molar-refractivity contribution >= 4 is 26.0 Å². The molecule has 0 unspecified atom stereocenters. The van der Waals surface area contributed by atoms with Gasteiger partial charge in [-0.15, -0.1) is 0 Å². The van der Waals surface area contributed by atoms with Gasteiger partial charge in [0.2, 0.25) is 10.0 Å². The summed E-state index contributed by atoms with van der Waals surface area (Å²) in [5.74, 6) is -0.819. The van der Waals surface area contributed by atoms with Gasteiger partial charge in [0.1, 0.15) is 0 Å². The van der Waals surface area contributed by atoms with Crippen molar-refractivity contribution in [2.24, 2.45) is 0 Å². The number of sulfonamides is 2. The molecule has 1 aromatic heterocycles. The summed E-state index contributed by atoms with van der Waals surface area (Å²) in [4.78, 5) is 15.4. The lowest BCUT2D eigenvalue weighted by Gasteiger charge is -2.16. The second-order valence-electron chi connectivity index (χ2n) is 5.76. The van der Waals surface area contributed by atoms with Crippen molar-refractivity contribution in [3.63, 3.8) is 0 Å².